The van der Waals surface area contributed by atoms with Crippen molar-refractivity contribution in [3.8, 4) is 23.5 Å². The third kappa shape index (κ3) is 5.27. The van der Waals surface area contributed by atoms with Crippen LogP contribution in [0.2, 0.25) is 0 Å². The Labute approximate surface area is 187 Å². The summed E-state index contributed by atoms with van der Waals surface area (Å²) < 4.78 is 5.47. The van der Waals surface area contributed by atoms with E-state index in [1.165, 1.54) is 0 Å². The van der Waals surface area contributed by atoms with Gasteiger partial charge in [-0.25, -0.2) is 4.79 Å². The van der Waals surface area contributed by atoms with Gasteiger partial charge in [0, 0.05) is 18.4 Å². The summed E-state index contributed by atoms with van der Waals surface area (Å²) in [5.74, 6) is 0.702. The van der Waals surface area contributed by atoms with Gasteiger partial charge < -0.3 is 20.5 Å². The molecule has 2 unspecified atom stereocenters. The van der Waals surface area contributed by atoms with Crippen LogP contribution >= 0.6 is 0 Å². The quantitative estimate of drug-likeness (QED) is 0.526. The number of benzene rings is 2. The van der Waals surface area contributed by atoms with E-state index in [0.717, 1.165) is 22.3 Å². The monoisotopic (exact) mass is 434 g/mol. The predicted molar refractivity (Wildman–Crippen MR) is 120 cm³/mol. The molecule has 7 heteroatoms. The summed E-state index contributed by atoms with van der Waals surface area (Å²) in [6.07, 6.45) is 4.78. The van der Waals surface area contributed by atoms with Crippen molar-refractivity contribution in [2.75, 3.05) is 6.61 Å². The Morgan fingerprint density at radius 1 is 1.06 bits per heavy atom. The van der Waals surface area contributed by atoms with Gasteiger partial charge in [-0.1, -0.05) is 55.5 Å². The van der Waals surface area contributed by atoms with E-state index < -0.39 is 30.1 Å². The molecule has 2 amide bonds. The molecule has 7 nitrogen and oxygen atoms in total. The van der Waals surface area contributed by atoms with Crippen LogP contribution in [0.1, 0.15) is 43.2 Å². The van der Waals surface area contributed by atoms with Crippen molar-refractivity contribution < 1.29 is 24.2 Å². The minimum Gasteiger partial charge on any atom is -0.481 e. The maximum Gasteiger partial charge on any atom is 0.407 e. The highest BCUT2D eigenvalue weighted by molar-refractivity contribution is 5.86. The van der Waals surface area contributed by atoms with Crippen LogP contribution in [0.5, 0.6) is 0 Å². The van der Waals surface area contributed by atoms with Crippen LogP contribution in [0.4, 0.5) is 4.79 Å². The molecule has 0 aliphatic heterocycles. The summed E-state index contributed by atoms with van der Waals surface area (Å²) in [6.45, 7) is 1.88. The number of carboxylic acid groups (broad SMARTS) is 1. The van der Waals surface area contributed by atoms with E-state index in [2.05, 4.69) is 16.6 Å². The molecule has 3 N–H and O–H groups in total. The molecule has 2 aromatic rings. The van der Waals surface area contributed by atoms with Crippen LogP contribution in [0.3, 0.4) is 0 Å². The summed E-state index contributed by atoms with van der Waals surface area (Å²) in [6, 6.07) is 14.4. The van der Waals surface area contributed by atoms with Crippen molar-refractivity contribution in [1.82, 2.24) is 10.6 Å². The fourth-order valence-electron chi connectivity index (χ4n) is 3.92. The number of amides is 2. The predicted octanol–water partition coefficient (Wildman–Crippen LogP) is 3.29. The van der Waals surface area contributed by atoms with Gasteiger partial charge in [0.15, 0.2) is 0 Å². The van der Waals surface area contributed by atoms with Crippen LogP contribution in [-0.2, 0) is 14.3 Å². The van der Waals surface area contributed by atoms with Crippen molar-refractivity contribution in [2.45, 2.75) is 44.2 Å². The second-order valence-corrected chi connectivity index (χ2v) is 7.64. The Hall–Kier alpha value is -3.79. The molecule has 0 fully saturated rings. The number of rotatable bonds is 9. The smallest absolute Gasteiger partial charge is 0.407 e. The van der Waals surface area contributed by atoms with Crippen LogP contribution in [0, 0.1) is 12.3 Å². The molecule has 3 rings (SSSR count). The molecule has 2 atom stereocenters. The highest BCUT2D eigenvalue weighted by Gasteiger charge is 2.30. The fourth-order valence-corrected chi connectivity index (χ4v) is 3.92. The van der Waals surface area contributed by atoms with Gasteiger partial charge in [0.1, 0.15) is 12.6 Å². The molecule has 166 valence electrons. The normalized spacial score (nSPS) is 13.8. The van der Waals surface area contributed by atoms with Gasteiger partial charge in [-0.2, -0.15) is 0 Å². The van der Waals surface area contributed by atoms with Gasteiger partial charge in [-0.3, -0.25) is 9.59 Å². The van der Waals surface area contributed by atoms with Gasteiger partial charge in [0.25, 0.3) is 0 Å². The van der Waals surface area contributed by atoms with E-state index in [1.54, 1.807) is 6.92 Å². The number of nitrogens with one attached hydrogen (secondary N) is 2. The van der Waals surface area contributed by atoms with E-state index in [9.17, 15) is 14.4 Å². The van der Waals surface area contributed by atoms with E-state index in [-0.39, 0.29) is 25.4 Å². The molecule has 2 aromatic carbocycles. The summed E-state index contributed by atoms with van der Waals surface area (Å²) in [4.78, 5) is 35.9. The zero-order chi connectivity index (χ0) is 23.1. The average Bonchev–Trinajstić information content (AvgIpc) is 3.10. The number of carbonyl (C=O) groups excluding carboxylic acids is 2. The lowest BCUT2D eigenvalue weighted by atomic mass is 9.98. The zero-order valence-electron chi connectivity index (χ0n) is 17.8. The van der Waals surface area contributed by atoms with Gasteiger partial charge in [0.05, 0.1) is 6.42 Å². The maximum absolute atomic E-state index is 12.5. The van der Waals surface area contributed by atoms with Crippen molar-refractivity contribution >= 4 is 18.0 Å². The van der Waals surface area contributed by atoms with Crippen molar-refractivity contribution in [1.29, 1.82) is 0 Å². The van der Waals surface area contributed by atoms with Crippen molar-refractivity contribution in [3.05, 3.63) is 59.7 Å². The van der Waals surface area contributed by atoms with Crippen LogP contribution in [0.15, 0.2) is 48.5 Å². The van der Waals surface area contributed by atoms with Gasteiger partial charge >= 0.3 is 12.1 Å². The molecule has 0 saturated heterocycles. The first kappa shape index (κ1) is 22.9. The number of hydrogen-bond acceptors (Lipinski definition) is 4. The zero-order valence-corrected chi connectivity index (χ0v) is 17.8. The Morgan fingerprint density at radius 2 is 1.66 bits per heavy atom. The highest BCUT2D eigenvalue weighted by Crippen LogP contribution is 2.44. The lowest BCUT2D eigenvalue weighted by Crippen LogP contribution is -2.50. The number of ether oxygens (including phenoxy) is 1. The molecule has 1 aliphatic carbocycles. The molecular formula is C25H26N2O5. The van der Waals surface area contributed by atoms with E-state index >= 15 is 0 Å². The molecule has 0 heterocycles. The van der Waals surface area contributed by atoms with Crippen LogP contribution < -0.4 is 10.6 Å². The largest absolute Gasteiger partial charge is 0.481 e. The first-order valence-corrected chi connectivity index (χ1v) is 10.5. The van der Waals surface area contributed by atoms with E-state index in [0.29, 0.717) is 6.42 Å². The van der Waals surface area contributed by atoms with E-state index in [1.807, 2.05) is 48.5 Å². The van der Waals surface area contributed by atoms with Crippen molar-refractivity contribution in [3.63, 3.8) is 0 Å². The number of hydrogen-bond donors (Lipinski definition) is 3. The third-order valence-electron chi connectivity index (χ3n) is 5.53. The molecular weight excluding hydrogens is 408 g/mol. The lowest BCUT2D eigenvalue weighted by Gasteiger charge is -2.21. The second-order valence-electron chi connectivity index (χ2n) is 7.64. The van der Waals surface area contributed by atoms with E-state index in [4.69, 9.17) is 16.3 Å². The summed E-state index contributed by atoms with van der Waals surface area (Å²) in [7, 11) is 0. The molecule has 0 spiro atoms. The first-order chi connectivity index (χ1) is 15.4. The number of alkyl carbamates (subject to hydrolysis) is 1. The Balaban J connectivity index is 1.63. The van der Waals surface area contributed by atoms with Gasteiger partial charge in [0.2, 0.25) is 5.91 Å². The molecule has 0 saturated carbocycles. The Bertz CT molecular complexity index is 997. The summed E-state index contributed by atoms with van der Waals surface area (Å²) >= 11 is 0. The molecule has 32 heavy (non-hydrogen) atoms. The second kappa shape index (κ2) is 10.5. The topological polar surface area (TPSA) is 105 Å². The molecule has 0 radical (unpaired) electrons. The number of aliphatic carboxylic acids is 1. The van der Waals surface area contributed by atoms with Crippen LogP contribution in [0.25, 0.3) is 11.1 Å². The fraction of sp³-hybridized carbons (Fsp3) is 0.320. The van der Waals surface area contributed by atoms with Gasteiger partial charge in [-0.05, 0) is 28.7 Å². The Kier molecular flexibility index (Phi) is 7.50. The van der Waals surface area contributed by atoms with Crippen LogP contribution in [-0.4, -0.2) is 41.8 Å². The number of carbonyl (C=O) groups is 3. The summed E-state index contributed by atoms with van der Waals surface area (Å²) in [5, 5.41) is 14.1. The standard InChI is InChI=1S/C25H26N2O5/c1-3-9-22(24(30)26-16(4-2)14-23(28)29)27-25(31)32-15-21-19-12-7-5-10-17(19)18-11-6-8-13-20(18)21/h1,5-8,10-13,16,21-22H,4,9,14-15H2,2H3,(H,26,30)(H,27,31)(H,28,29). The average molecular weight is 434 g/mol. The molecule has 0 bridgehead atoms. The first-order valence-electron chi connectivity index (χ1n) is 10.5. The maximum atomic E-state index is 12.5. The SMILES string of the molecule is C#CCC(NC(=O)OCC1c2ccccc2-c2ccccc21)C(=O)NC(CC)CC(=O)O. The number of carboxylic acids is 1. The number of terminal acetylenes is 1. The summed E-state index contributed by atoms with van der Waals surface area (Å²) in [5.41, 5.74) is 4.40. The molecule has 1 aliphatic rings. The third-order valence-corrected chi connectivity index (χ3v) is 5.53. The molecule has 0 aromatic heterocycles. The van der Waals surface area contributed by atoms with Crippen molar-refractivity contribution in [2.24, 2.45) is 0 Å². The highest BCUT2D eigenvalue weighted by atomic mass is 16.5. The minimum atomic E-state index is -1.02. The lowest BCUT2D eigenvalue weighted by molar-refractivity contribution is -0.137. The number of fused-ring (bicyclic) bond motifs is 3. The minimum absolute atomic E-state index is 0.0421. The van der Waals surface area contributed by atoms with Gasteiger partial charge in [-0.15, -0.1) is 12.3 Å². The Morgan fingerprint density at radius 3 is 2.19 bits per heavy atom.